The predicted molar refractivity (Wildman–Crippen MR) is 117 cm³/mol. The van der Waals surface area contributed by atoms with Gasteiger partial charge in [0.25, 0.3) is 5.56 Å². The Morgan fingerprint density at radius 1 is 1.33 bits per heavy atom. The molecule has 4 aromatic rings. The van der Waals surface area contributed by atoms with Crippen molar-refractivity contribution in [3.05, 3.63) is 57.2 Å². The average molecular weight is 443 g/mol. The lowest BCUT2D eigenvalue weighted by molar-refractivity contribution is 0.415. The van der Waals surface area contributed by atoms with E-state index in [-0.39, 0.29) is 11.6 Å². The van der Waals surface area contributed by atoms with Gasteiger partial charge in [0.1, 0.15) is 10.8 Å². The van der Waals surface area contributed by atoms with Gasteiger partial charge in [0.2, 0.25) is 0 Å². The highest BCUT2D eigenvalue weighted by Crippen LogP contribution is 2.41. The van der Waals surface area contributed by atoms with Crippen molar-refractivity contribution < 1.29 is 4.74 Å². The van der Waals surface area contributed by atoms with Gasteiger partial charge in [-0.1, -0.05) is 28.2 Å². The van der Waals surface area contributed by atoms with Gasteiger partial charge in [-0.25, -0.2) is 9.67 Å². The summed E-state index contributed by atoms with van der Waals surface area (Å²) in [7, 11) is 1.54. The van der Waals surface area contributed by atoms with Gasteiger partial charge < -0.3 is 15.0 Å². The van der Waals surface area contributed by atoms with Crippen LogP contribution in [-0.4, -0.2) is 32.1 Å². The van der Waals surface area contributed by atoms with Crippen LogP contribution < -0.4 is 15.6 Å². The lowest BCUT2D eigenvalue weighted by Crippen LogP contribution is -2.19. The number of hydrogen-bond acceptors (Lipinski definition) is 7. The Labute approximate surface area is 180 Å². The molecule has 0 aliphatic heterocycles. The van der Waals surface area contributed by atoms with Crippen LogP contribution in [0, 0.1) is 0 Å². The monoisotopic (exact) mass is 442 g/mol. The molecule has 3 aromatic heterocycles. The van der Waals surface area contributed by atoms with E-state index in [0.717, 1.165) is 16.1 Å². The van der Waals surface area contributed by atoms with Crippen molar-refractivity contribution in [2.45, 2.75) is 31.7 Å². The summed E-state index contributed by atoms with van der Waals surface area (Å²) < 4.78 is 7.08. The van der Waals surface area contributed by atoms with Gasteiger partial charge in [0.05, 0.1) is 41.8 Å². The molecule has 0 bridgehead atoms. The van der Waals surface area contributed by atoms with E-state index in [1.165, 1.54) is 24.2 Å². The van der Waals surface area contributed by atoms with Crippen LogP contribution in [0.4, 0.5) is 5.13 Å². The largest absolute Gasteiger partial charge is 0.495 e. The number of hydrogen-bond donors (Lipinski definition) is 2. The van der Waals surface area contributed by atoms with E-state index in [2.05, 4.69) is 25.6 Å². The Kier molecular flexibility index (Phi) is 4.71. The molecule has 1 fully saturated rings. The summed E-state index contributed by atoms with van der Waals surface area (Å²) in [5.74, 6) is 1.06. The molecule has 1 aliphatic rings. The van der Waals surface area contributed by atoms with Gasteiger partial charge in [0.15, 0.2) is 5.13 Å². The molecule has 0 spiro atoms. The zero-order valence-corrected chi connectivity index (χ0v) is 17.9. The Hall–Kier alpha value is -2.91. The highest BCUT2D eigenvalue weighted by atomic mass is 35.5. The minimum atomic E-state index is -0.253. The van der Waals surface area contributed by atoms with E-state index in [4.69, 9.17) is 16.3 Å². The molecule has 1 aromatic carbocycles. The number of halogens is 1. The molecule has 5 rings (SSSR count). The highest BCUT2D eigenvalue weighted by molar-refractivity contribution is 7.17. The van der Waals surface area contributed by atoms with Gasteiger partial charge in [-0.2, -0.15) is 0 Å². The molecule has 1 aliphatic carbocycles. The first-order valence-electron chi connectivity index (χ1n) is 9.57. The van der Waals surface area contributed by atoms with Crippen molar-refractivity contribution in [1.82, 2.24) is 25.0 Å². The molecule has 30 heavy (non-hydrogen) atoms. The van der Waals surface area contributed by atoms with Crippen LogP contribution in [0.2, 0.25) is 5.02 Å². The van der Waals surface area contributed by atoms with Crippen LogP contribution in [0.1, 0.15) is 43.0 Å². The zero-order chi connectivity index (χ0) is 20.8. The quantitative estimate of drug-likeness (QED) is 0.462. The standard InChI is InChI=1S/C20H19ClN6O2S/c1-10(13-5-12-6-14(21)17(29-2)7-15(12)25-19(13)28)24-20-22-9-18(30-20)27-16(8-23-26-27)11-3-4-11/h5-11H,3-4H2,1-2H3,(H,22,24)(H,25,28)/t10-/m0/s1. The predicted octanol–water partition coefficient (Wildman–Crippen LogP) is 4.28. The Morgan fingerprint density at radius 3 is 2.93 bits per heavy atom. The van der Waals surface area contributed by atoms with Gasteiger partial charge in [-0.05, 0) is 31.9 Å². The van der Waals surface area contributed by atoms with Crippen molar-refractivity contribution in [3.63, 3.8) is 0 Å². The number of ether oxygens (including phenoxy) is 1. The van der Waals surface area contributed by atoms with Crippen molar-refractivity contribution >= 4 is 39.0 Å². The summed E-state index contributed by atoms with van der Waals surface area (Å²) in [6.45, 7) is 1.92. The van der Waals surface area contributed by atoms with E-state index in [1.54, 1.807) is 25.4 Å². The molecule has 2 N–H and O–H groups in total. The van der Waals surface area contributed by atoms with E-state index in [9.17, 15) is 4.79 Å². The van der Waals surface area contributed by atoms with Gasteiger partial charge in [0, 0.05) is 22.9 Å². The average Bonchev–Trinajstić information content (AvgIpc) is 3.27. The van der Waals surface area contributed by atoms with Crippen molar-refractivity contribution in [3.8, 4) is 10.8 Å². The van der Waals surface area contributed by atoms with E-state index >= 15 is 0 Å². The molecule has 0 unspecified atom stereocenters. The maximum absolute atomic E-state index is 12.7. The number of nitrogens with zero attached hydrogens (tertiary/aromatic N) is 4. The van der Waals surface area contributed by atoms with Gasteiger partial charge in [-0.3, -0.25) is 4.79 Å². The molecule has 0 amide bonds. The third-order valence-electron chi connectivity index (χ3n) is 5.23. The normalized spacial score (nSPS) is 14.8. The number of fused-ring (bicyclic) bond motifs is 1. The molecule has 8 nitrogen and oxygen atoms in total. The molecule has 10 heteroatoms. The third kappa shape index (κ3) is 3.44. The summed E-state index contributed by atoms with van der Waals surface area (Å²) in [6, 6.07) is 5.10. The maximum atomic E-state index is 12.7. The highest BCUT2D eigenvalue weighted by Gasteiger charge is 2.28. The first-order valence-corrected chi connectivity index (χ1v) is 10.8. The van der Waals surface area contributed by atoms with Crippen molar-refractivity contribution in [1.29, 1.82) is 0 Å². The summed E-state index contributed by atoms with van der Waals surface area (Å²) in [5.41, 5.74) is 2.22. The first-order chi connectivity index (χ1) is 14.5. The van der Waals surface area contributed by atoms with E-state index in [0.29, 0.717) is 32.9 Å². The van der Waals surface area contributed by atoms with Crippen molar-refractivity contribution in [2.24, 2.45) is 0 Å². The molecular weight excluding hydrogens is 424 g/mol. The number of anilines is 1. The van der Waals surface area contributed by atoms with Crippen LogP contribution in [0.25, 0.3) is 15.9 Å². The van der Waals surface area contributed by atoms with Gasteiger partial charge >= 0.3 is 0 Å². The van der Waals surface area contributed by atoms with Crippen LogP contribution >= 0.6 is 22.9 Å². The topological polar surface area (TPSA) is 97.7 Å². The van der Waals surface area contributed by atoms with Crippen molar-refractivity contribution in [2.75, 3.05) is 12.4 Å². The first kappa shape index (κ1) is 19.1. The number of aromatic nitrogens is 5. The second kappa shape index (κ2) is 7.41. The second-order valence-corrected chi connectivity index (χ2v) is 8.76. The fraction of sp³-hybridized carbons (Fsp3) is 0.300. The summed E-state index contributed by atoms with van der Waals surface area (Å²) in [6.07, 6.45) is 5.95. The number of benzene rings is 1. The number of thiazole rings is 1. The number of pyridine rings is 1. The van der Waals surface area contributed by atoms with E-state index < -0.39 is 0 Å². The third-order valence-corrected chi connectivity index (χ3v) is 6.42. The summed E-state index contributed by atoms with van der Waals surface area (Å²) in [4.78, 5) is 20.0. The zero-order valence-electron chi connectivity index (χ0n) is 16.3. The molecule has 1 saturated carbocycles. The molecule has 0 saturated heterocycles. The SMILES string of the molecule is COc1cc2[nH]c(=O)c([C@H](C)Nc3ncc(-n4nncc4C4CC4)s3)cc2cc1Cl. The molecule has 154 valence electrons. The number of aromatic amines is 1. The second-order valence-electron chi connectivity index (χ2n) is 7.34. The Morgan fingerprint density at radius 2 is 2.17 bits per heavy atom. The van der Waals surface area contributed by atoms with E-state index in [1.807, 2.05) is 23.9 Å². The molecule has 0 radical (unpaired) electrons. The van der Waals surface area contributed by atoms with Crippen LogP contribution in [0.5, 0.6) is 5.75 Å². The summed E-state index contributed by atoms with van der Waals surface area (Å²) >= 11 is 7.72. The number of nitrogens with one attached hydrogen (secondary N) is 2. The molecule has 1 atom stereocenters. The van der Waals surface area contributed by atoms with Crippen LogP contribution in [0.3, 0.4) is 0 Å². The fourth-order valence-corrected chi connectivity index (χ4v) is 4.59. The fourth-order valence-electron chi connectivity index (χ4n) is 3.47. The summed E-state index contributed by atoms with van der Waals surface area (Å²) in [5, 5.41) is 14.5. The van der Waals surface area contributed by atoms with Crippen LogP contribution in [-0.2, 0) is 0 Å². The molecular formula is C20H19ClN6O2S. The smallest absolute Gasteiger partial charge is 0.253 e. The Bertz CT molecular complexity index is 1290. The Balaban J connectivity index is 1.41. The minimum absolute atomic E-state index is 0.170. The lowest BCUT2D eigenvalue weighted by Gasteiger charge is -2.14. The lowest BCUT2D eigenvalue weighted by atomic mass is 10.1. The number of H-pyrrole nitrogens is 1. The maximum Gasteiger partial charge on any atom is 0.253 e. The minimum Gasteiger partial charge on any atom is -0.495 e. The van der Waals surface area contributed by atoms with Gasteiger partial charge in [-0.15, -0.1) is 5.10 Å². The number of methoxy groups -OCH3 is 1. The molecule has 3 heterocycles. The number of rotatable bonds is 6. The van der Waals surface area contributed by atoms with Crippen LogP contribution in [0.15, 0.2) is 35.4 Å².